The number of nitrogens with one attached hydrogen (secondary N) is 3. The lowest BCUT2D eigenvalue weighted by atomic mass is 10.2. The highest BCUT2D eigenvalue weighted by atomic mass is 19.1. The van der Waals surface area contributed by atoms with Crippen LogP contribution in [0.15, 0.2) is 48.5 Å². The van der Waals surface area contributed by atoms with Crippen molar-refractivity contribution in [1.82, 2.24) is 10.9 Å². The number of benzene rings is 2. The third-order valence-corrected chi connectivity index (χ3v) is 3.46. The molecule has 3 amide bonds. The molecule has 28 heavy (non-hydrogen) atoms. The Balaban J connectivity index is 1.82. The molecular formula is C19H20FN3O5. The molecule has 0 bridgehead atoms. The summed E-state index contributed by atoms with van der Waals surface area (Å²) in [6.07, 6.45) is -1.51. The van der Waals surface area contributed by atoms with Crippen LogP contribution in [0.2, 0.25) is 0 Å². The maximum atomic E-state index is 12.9. The van der Waals surface area contributed by atoms with Crippen LogP contribution in [0.3, 0.4) is 0 Å². The van der Waals surface area contributed by atoms with E-state index < -0.39 is 29.8 Å². The maximum Gasteiger partial charge on any atom is 0.411 e. The van der Waals surface area contributed by atoms with E-state index in [0.717, 1.165) is 0 Å². The third-order valence-electron chi connectivity index (χ3n) is 3.46. The number of carbonyl (C=O) groups excluding carboxylic acids is 3. The summed E-state index contributed by atoms with van der Waals surface area (Å²) in [6.45, 7) is 3.42. The Morgan fingerprint density at radius 2 is 1.64 bits per heavy atom. The predicted molar refractivity (Wildman–Crippen MR) is 99.2 cm³/mol. The molecular weight excluding hydrogens is 369 g/mol. The van der Waals surface area contributed by atoms with Gasteiger partial charge in [-0.2, -0.15) is 0 Å². The molecule has 3 N–H and O–H groups in total. The second kappa shape index (κ2) is 9.91. The molecule has 8 nitrogen and oxygen atoms in total. The van der Waals surface area contributed by atoms with Crippen LogP contribution in [-0.4, -0.2) is 30.6 Å². The number of rotatable bonds is 6. The highest BCUT2D eigenvalue weighted by molar-refractivity contribution is 5.96. The van der Waals surface area contributed by atoms with Crippen molar-refractivity contribution in [2.24, 2.45) is 0 Å². The molecule has 0 aliphatic heterocycles. The van der Waals surface area contributed by atoms with Gasteiger partial charge in [-0.05, 0) is 62.4 Å². The van der Waals surface area contributed by atoms with Gasteiger partial charge in [-0.1, -0.05) is 0 Å². The number of carbonyl (C=O) groups is 3. The van der Waals surface area contributed by atoms with Gasteiger partial charge >= 0.3 is 6.09 Å². The zero-order valence-electron chi connectivity index (χ0n) is 15.3. The van der Waals surface area contributed by atoms with Gasteiger partial charge in [0.25, 0.3) is 11.8 Å². The number of anilines is 1. The first-order valence-corrected chi connectivity index (χ1v) is 8.45. The van der Waals surface area contributed by atoms with Gasteiger partial charge in [-0.3, -0.25) is 25.8 Å². The highest BCUT2D eigenvalue weighted by Gasteiger charge is 2.16. The average Bonchev–Trinajstić information content (AvgIpc) is 2.68. The van der Waals surface area contributed by atoms with Crippen LogP contribution in [0.1, 0.15) is 24.2 Å². The van der Waals surface area contributed by atoms with Gasteiger partial charge in [0.15, 0.2) is 6.10 Å². The smallest absolute Gasteiger partial charge is 0.411 e. The fourth-order valence-corrected chi connectivity index (χ4v) is 2.05. The number of hydrogen-bond acceptors (Lipinski definition) is 5. The van der Waals surface area contributed by atoms with Crippen molar-refractivity contribution in [3.05, 3.63) is 59.9 Å². The molecule has 1 atom stereocenters. The van der Waals surface area contributed by atoms with E-state index >= 15 is 0 Å². The summed E-state index contributed by atoms with van der Waals surface area (Å²) >= 11 is 0. The molecule has 148 valence electrons. The fraction of sp³-hybridized carbons (Fsp3) is 0.211. The van der Waals surface area contributed by atoms with Crippen LogP contribution < -0.4 is 20.9 Å². The molecule has 9 heteroatoms. The number of hydrogen-bond donors (Lipinski definition) is 3. The lowest BCUT2D eigenvalue weighted by Gasteiger charge is -2.15. The Morgan fingerprint density at radius 1 is 1.00 bits per heavy atom. The first-order chi connectivity index (χ1) is 13.4. The summed E-state index contributed by atoms with van der Waals surface area (Å²) in [5.74, 6) is -1.23. The van der Waals surface area contributed by atoms with Crippen molar-refractivity contribution < 1.29 is 28.2 Å². The first kappa shape index (κ1) is 20.7. The zero-order chi connectivity index (χ0) is 20.5. The lowest BCUT2D eigenvalue weighted by Crippen LogP contribution is -2.47. The number of halogens is 1. The molecule has 0 heterocycles. The molecule has 0 aliphatic rings. The van der Waals surface area contributed by atoms with Gasteiger partial charge in [0.05, 0.1) is 6.61 Å². The molecule has 0 saturated carbocycles. The monoisotopic (exact) mass is 389 g/mol. The van der Waals surface area contributed by atoms with Crippen LogP contribution in [-0.2, 0) is 9.53 Å². The Bertz CT molecular complexity index is 824. The van der Waals surface area contributed by atoms with Crippen molar-refractivity contribution in [3.8, 4) is 5.75 Å². The molecule has 0 saturated heterocycles. The van der Waals surface area contributed by atoms with Gasteiger partial charge in [-0.25, -0.2) is 9.18 Å². The topological polar surface area (TPSA) is 106 Å². The van der Waals surface area contributed by atoms with Crippen LogP contribution in [0, 0.1) is 5.82 Å². The van der Waals surface area contributed by atoms with Gasteiger partial charge in [0, 0.05) is 11.3 Å². The summed E-state index contributed by atoms with van der Waals surface area (Å²) in [4.78, 5) is 35.4. The SMILES string of the molecule is CCOC(=O)Nc1ccc(C(=O)NNC(=O)[C@H](C)Oc2ccc(F)cc2)cc1. The van der Waals surface area contributed by atoms with Crippen LogP contribution in [0.5, 0.6) is 5.75 Å². The number of ether oxygens (including phenoxy) is 2. The third kappa shape index (κ3) is 6.27. The minimum Gasteiger partial charge on any atom is -0.481 e. The quantitative estimate of drug-likeness (QED) is 0.659. The van der Waals surface area contributed by atoms with E-state index in [1.165, 1.54) is 55.5 Å². The standard InChI is InChI=1S/C19H20FN3O5/c1-3-27-19(26)21-15-8-4-13(5-9-15)18(25)23-22-17(24)12(2)28-16-10-6-14(20)7-11-16/h4-12H,3H2,1-2H3,(H,21,26)(H,22,24)(H,23,25)/t12-/m0/s1. The molecule has 0 aliphatic carbocycles. The molecule has 0 aromatic heterocycles. The minimum absolute atomic E-state index is 0.245. The highest BCUT2D eigenvalue weighted by Crippen LogP contribution is 2.13. The summed E-state index contributed by atoms with van der Waals surface area (Å²) in [7, 11) is 0. The van der Waals surface area contributed by atoms with Crippen molar-refractivity contribution in [2.75, 3.05) is 11.9 Å². The largest absolute Gasteiger partial charge is 0.481 e. The normalized spacial score (nSPS) is 11.1. The van der Waals surface area contributed by atoms with Crippen LogP contribution in [0.4, 0.5) is 14.9 Å². The van der Waals surface area contributed by atoms with Gasteiger partial charge in [0.1, 0.15) is 11.6 Å². The molecule has 2 aromatic rings. The summed E-state index contributed by atoms with van der Waals surface area (Å²) in [6, 6.07) is 11.2. The van der Waals surface area contributed by atoms with E-state index in [9.17, 15) is 18.8 Å². The summed E-state index contributed by atoms with van der Waals surface area (Å²) < 4.78 is 23.0. The van der Waals surface area contributed by atoms with Crippen LogP contribution >= 0.6 is 0 Å². The average molecular weight is 389 g/mol. The molecule has 0 radical (unpaired) electrons. The van der Waals surface area contributed by atoms with E-state index in [1.807, 2.05) is 0 Å². The molecule has 0 unspecified atom stereocenters. The van der Waals surface area contributed by atoms with E-state index in [4.69, 9.17) is 9.47 Å². The summed E-state index contributed by atoms with van der Waals surface area (Å²) in [5, 5.41) is 2.50. The Labute approximate surface area is 161 Å². The molecule has 0 spiro atoms. The van der Waals surface area contributed by atoms with E-state index in [2.05, 4.69) is 16.2 Å². The second-order valence-electron chi connectivity index (χ2n) is 5.58. The Morgan fingerprint density at radius 3 is 2.25 bits per heavy atom. The van der Waals surface area contributed by atoms with Crippen molar-refractivity contribution >= 4 is 23.6 Å². The van der Waals surface area contributed by atoms with Crippen molar-refractivity contribution in [2.45, 2.75) is 20.0 Å². The Hall–Kier alpha value is -3.62. The van der Waals surface area contributed by atoms with Gasteiger partial charge < -0.3 is 9.47 Å². The van der Waals surface area contributed by atoms with E-state index in [-0.39, 0.29) is 12.2 Å². The molecule has 0 fully saturated rings. The zero-order valence-corrected chi connectivity index (χ0v) is 15.3. The minimum atomic E-state index is -0.915. The Kier molecular flexibility index (Phi) is 7.32. The summed E-state index contributed by atoms with van der Waals surface area (Å²) in [5.41, 5.74) is 5.24. The van der Waals surface area contributed by atoms with Crippen LogP contribution in [0.25, 0.3) is 0 Å². The first-order valence-electron chi connectivity index (χ1n) is 8.45. The second-order valence-corrected chi connectivity index (χ2v) is 5.58. The molecule has 2 aromatic carbocycles. The molecule has 2 rings (SSSR count). The number of amides is 3. The number of hydrazine groups is 1. The van der Waals surface area contributed by atoms with Crippen molar-refractivity contribution in [1.29, 1.82) is 0 Å². The fourth-order valence-electron chi connectivity index (χ4n) is 2.05. The van der Waals surface area contributed by atoms with E-state index in [0.29, 0.717) is 11.4 Å². The predicted octanol–water partition coefficient (Wildman–Crippen LogP) is 2.62. The van der Waals surface area contributed by atoms with Gasteiger partial charge in [-0.15, -0.1) is 0 Å². The van der Waals surface area contributed by atoms with E-state index in [1.54, 1.807) is 6.92 Å². The van der Waals surface area contributed by atoms with Crippen molar-refractivity contribution in [3.63, 3.8) is 0 Å². The van der Waals surface area contributed by atoms with Gasteiger partial charge in [0.2, 0.25) is 0 Å². The lowest BCUT2D eigenvalue weighted by molar-refractivity contribution is -0.128. The maximum absolute atomic E-state index is 12.9.